The van der Waals surface area contributed by atoms with Gasteiger partial charge in [-0.25, -0.2) is 13.4 Å². The van der Waals surface area contributed by atoms with E-state index in [1.807, 2.05) is 19.1 Å². The predicted molar refractivity (Wildman–Crippen MR) is 122 cm³/mol. The van der Waals surface area contributed by atoms with Crippen LogP contribution in [-0.2, 0) is 21.2 Å². The molecule has 1 amide bonds. The minimum Gasteiger partial charge on any atom is -0.441 e. The van der Waals surface area contributed by atoms with Gasteiger partial charge >= 0.3 is 0 Å². The lowest BCUT2D eigenvalue weighted by Crippen LogP contribution is -2.50. The fourth-order valence-electron chi connectivity index (χ4n) is 3.58. The molecule has 0 N–H and O–H groups in total. The second-order valence-electron chi connectivity index (χ2n) is 7.72. The van der Waals surface area contributed by atoms with Gasteiger partial charge in [-0.2, -0.15) is 4.31 Å². The Morgan fingerprint density at radius 3 is 2.34 bits per heavy atom. The van der Waals surface area contributed by atoms with Crippen LogP contribution in [0.3, 0.4) is 0 Å². The van der Waals surface area contributed by atoms with Crippen LogP contribution in [0.2, 0.25) is 5.02 Å². The third kappa shape index (κ3) is 5.03. The lowest BCUT2D eigenvalue weighted by molar-refractivity contribution is -0.132. The van der Waals surface area contributed by atoms with Crippen LogP contribution in [0, 0.1) is 6.92 Å². The molecule has 9 heteroatoms. The highest BCUT2D eigenvalue weighted by atomic mass is 35.5. The number of sulfonamides is 1. The molecule has 1 aliphatic heterocycles. The molecule has 0 bridgehead atoms. The molecular formula is C23H24ClN3O4S. The average molecular weight is 474 g/mol. The van der Waals surface area contributed by atoms with Gasteiger partial charge < -0.3 is 9.32 Å². The summed E-state index contributed by atoms with van der Waals surface area (Å²) in [5.74, 6) is 1.08. The maximum Gasteiger partial charge on any atom is 0.243 e. The van der Waals surface area contributed by atoms with Crippen LogP contribution >= 0.6 is 11.6 Å². The van der Waals surface area contributed by atoms with Crippen molar-refractivity contribution in [2.24, 2.45) is 0 Å². The Balaban J connectivity index is 1.29. The number of nitrogens with zero attached hydrogens (tertiary/aromatic N) is 3. The number of benzene rings is 2. The van der Waals surface area contributed by atoms with Crippen LogP contribution in [0.15, 0.2) is 64.0 Å². The minimum absolute atomic E-state index is 0.0383. The average Bonchev–Trinajstić information content (AvgIpc) is 3.27. The summed E-state index contributed by atoms with van der Waals surface area (Å²) < 4.78 is 32.8. The maximum atomic E-state index is 12.8. The number of carbonyl (C=O) groups is 1. The van der Waals surface area contributed by atoms with Crippen LogP contribution in [0.4, 0.5) is 0 Å². The molecule has 4 rings (SSSR count). The fraction of sp³-hybridized carbons (Fsp3) is 0.304. The molecular weight excluding hydrogens is 450 g/mol. The molecule has 0 radical (unpaired) electrons. The summed E-state index contributed by atoms with van der Waals surface area (Å²) in [6.45, 7) is 3.21. The van der Waals surface area contributed by atoms with E-state index in [1.165, 1.54) is 4.31 Å². The highest BCUT2D eigenvalue weighted by Crippen LogP contribution is 2.23. The zero-order valence-electron chi connectivity index (χ0n) is 17.7. The summed E-state index contributed by atoms with van der Waals surface area (Å²) >= 11 is 5.91. The van der Waals surface area contributed by atoms with Crippen molar-refractivity contribution in [3.05, 3.63) is 71.2 Å². The molecule has 2 aromatic carbocycles. The zero-order chi connectivity index (χ0) is 22.7. The van der Waals surface area contributed by atoms with Crippen molar-refractivity contribution in [1.82, 2.24) is 14.2 Å². The van der Waals surface area contributed by atoms with Gasteiger partial charge in [-0.15, -0.1) is 0 Å². The summed E-state index contributed by atoms with van der Waals surface area (Å²) in [5.41, 5.74) is 1.87. The first kappa shape index (κ1) is 22.5. The number of aromatic nitrogens is 1. The summed E-state index contributed by atoms with van der Waals surface area (Å²) in [4.78, 5) is 18.9. The van der Waals surface area contributed by atoms with Crippen molar-refractivity contribution in [1.29, 1.82) is 0 Å². The molecule has 2 heterocycles. The Bertz CT molecular complexity index is 1180. The molecule has 168 valence electrons. The molecule has 1 aliphatic rings. The van der Waals surface area contributed by atoms with Crippen LogP contribution in [0.25, 0.3) is 11.3 Å². The molecule has 0 atom stereocenters. The number of hydrogen-bond acceptors (Lipinski definition) is 5. The van der Waals surface area contributed by atoms with Gasteiger partial charge in [0.05, 0.1) is 11.1 Å². The molecule has 1 fully saturated rings. The van der Waals surface area contributed by atoms with Crippen molar-refractivity contribution in [2.45, 2.75) is 24.7 Å². The maximum absolute atomic E-state index is 12.8. The molecule has 32 heavy (non-hydrogen) atoms. The van der Waals surface area contributed by atoms with Gasteiger partial charge in [0.25, 0.3) is 0 Å². The van der Waals surface area contributed by atoms with E-state index in [4.69, 9.17) is 16.0 Å². The van der Waals surface area contributed by atoms with Crippen molar-refractivity contribution < 1.29 is 17.6 Å². The number of amides is 1. The van der Waals surface area contributed by atoms with E-state index in [0.717, 1.165) is 11.1 Å². The molecule has 1 aromatic heterocycles. The number of oxazole rings is 1. The van der Waals surface area contributed by atoms with Gasteiger partial charge in [0.1, 0.15) is 0 Å². The normalized spacial score (nSPS) is 15.1. The number of rotatable bonds is 6. The van der Waals surface area contributed by atoms with Crippen LogP contribution in [0.5, 0.6) is 0 Å². The van der Waals surface area contributed by atoms with Crippen molar-refractivity contribution >= 4 is 27.5 Å². The fourth-order valence-corrected chi connectivity index (χ4v) is 5.13. The van der Waals surface area contributed by atoms with E-state index in [0.29, 0.717) is 36.2 Å². The zero-order valence-corrected chi connectivity index (χ0v) is 19.3. The summed E-state index contributed by atoms with van der Waals surface area (Å²) in [5, 5.41) is 0.644. The molecule has 7 nitrogen and oxygen atoms in total. The van der Waals surface area contributed by atoms with Crippen molar-refractivity contribution in [3.63, 3.8) is 0 Å². The van der Waals surface area contributed by atoms with Gasteiger partial charge in [0.15, 0.2) is 11.7 Å². The Labute approximate surface area is 192 Å². The van der Waals surface area contributed by atoms with Crippen LogP contribution in [0.1, 0.15) is 17.9 Å². The smallest absolute Gasteiger partial charge is 0.243 e. The lowest BCUT2D eigenvalue weighted by Gasteiger charge is -2.34. The van der Waals surface area contributed by atoms with E-state index in [9.17, 15) is 13.2 Å². The molecule has 3 aromatic rings. The number of piperazine rings is 1. The molecule has 0 spiro atoms. The van der Waals surface area contributed by atoms with E-state index in [2.05, 4.69) is 4.98 Å². The van der Waals surface area contributed by atoms with Gasteiger partial charge in [-0.1, -0.05) is 29.3 Å². The molecule has 0 unspecified atom stereocenters. The number of halogens is 1. The Morgan fingerprint density at radius 2 is 1.69 bits per heavy atom. The Morgan fingerprint density at radius 1 is 1.03 bits per heavy atom. The standard InChI is InChI=1S/C23H24ClN3O4S/c1-17-2-8-20(9-3-17)32(29,30)27-14-12-26(13-15-27)23(28)11-10-22-25-16-21(31-22)18-4-6-19(24)7-5-18/h2-9,16H,10-15H2,1H3. The van der Waals surface area contributed by atoms with E-state index < -0.39 is 10.0 Å². The van der Waals surface area contributed by atoms with Crippen LogP contribution in [-0.4, -0.2) is 54.7 Å². The monoisotopic (exact) mass is 473 g/mol. The van der Waals surface area contributed by atoms with Crippen molar-refractivity contribution in [3.8, 4) is 11.3 Å². The second-order valence-corrected chi connectivity index (χ2v) is 10.1. The van der Waals surface area contributed by atoms with Gasteiger partial charge in [-0.05, 0) is 43.3 Å². The minimum atomic E-state index is -3.55. The first-order valence-electron chi connectivity index (χ1n) is 10.4. The molecule has 0 saturated carbocycles. The third-order valence-corrected chi connectivity index (χ3v) is 7.65. The quantitative estimate of drug-likeness (QED) is 0.544. The summed E-state index contributed by atoms with van der Waals surface area (Å²) in [6, 6.07) is 14.1. The number of aryl methyl sites for hydroxylation is 2. The Kier molecular flexibility index (Phi) is 6.64. The highest BCUT2D eigenvalue weighted by Gasteiger charge is 2.30. The van der Waals surface area contributed by atoms with E-state index in [1.54, 1.807) is 47.5 Å². The first-order valence-corrected chi connectivity index (χ1v) is 12.2. The summed E-state index contributed by atoms with van der Waals surface area (Å²) in [7, 11) is -3.55. The second kappa shape index (κ2) is 9.44. The van der Waals surface area contributed by atoms with Crippen molar-refractivity contribution in [2.75, 3.05) is 26.2 Å². The van der Waals surface area contributed by atoms with E-state index >= 15 is 0 Å². The highest BCUT2D eigenvalue weighted by molar-refractivity contribution is 7.89. The SMILES string of the molecule is Cc1ccc(S(=O)(=O)N2CCN(C(=O)CCc3ncc(-c4ccc(Cl)cc4)o3)CC2)cc1. The molecule has 0 aliphatic carbocycles. The summed E-state index contributed by atoms with van der Waals surface area (Å²) in [6.07, 6.45) is 2.28. The Hall–Kier alpha value is -2.68. The van der Waals surface area contributed by atoms with E-state index in [-0.39, 0.29) is 30.3 Å². The van der Waals surface area contributed by atoms with Gasteiger partial charge in [-0.3, -0.25) is 4.79 Å². The largest absolute Gasteiger partial charge is 0.441 e. The van der Waals surface area contributed by atoms with Gasteiger partial charge in [0.2, 0.25) is 15.9 Å². The third-order valence-electron chi connectivity index (χ3n) is 5.49. The topological polar surface area (TPSA) is 83.7 Å². The first-order chi connectivity index (χ1) is 15.3. The lowest BCUT2D eigenvalue weighted by atomic mass is 10.2. The van der Waals surface area contributed by atoms with Crippen LogP contribution < -0.4 is 0 Å². The molecule has 1 saturated heterocycles. The number of carbonyl (C=O) groups excluding carboxylic acids is 1. The predicted octanol–water partition coefficient (Wildman–Crippen LogP) is 3.77. The van der Waals surface area contributed by atoms with Gasteiger partial charge in [0, 0.05) is 49.6 Å². The number of hydrogen-bond donors (Lipinski definition) is 0.